The molecule has 2 amide bonds. The lowest BCUT2D eigenvalue weighted by molar-refractivity contribution is -0.134. The van der Waals surface area contributed by atoms with Gasteiger partial charge < -0.3 is 10.6 Å². The van der Waals surface area contributed by atoms with Crippen molar-refractivity contribution in [3.63, 3.8) is 0 Å². The fourth-order valence-corrected chi connectivity index (χ4v) is 6.48. The standard InChI is InChI=1S/C28H39N5O3/c1-31-27-22(3-2-4-24(27)33(28(31)36)23-15-25(34)30-26(35)16-23)10-9-19-11-13-32(14-12-19)18-21-7-5-20(17-29)6-8-21/h2-4,9-10,19-21,23H,5-8,11-18,29H2,1H3,(H,30,34,35). The Balaban J connectivity index is 1.25. The van der Waals surface area contributed by atoms with Crippen LogP contribution in [0.3, 0.4) is 0 Å². The van der Waals surface area contributed by atoms with E-state index in [0.29, 0.717) is 5.92 Å². The zero-order chi connectivity index (χ0) is 25.2. The van der Waals surface area contributed by atoms with Gasteiger partial charge in [0.05, 0.1) is 17.1 Å². The van der Waals surface area contributed by atoms with E-state index in [9.17, 15) is 14.4 Å². The van der Waals surface area contributed by atoms with E-state index in [1.165, 1.54) is 32.2 Å². The molecule has 8 heteroatoms. The molecule has 3 aliphatic rings. The fourth-order valence-electron chi connectivity index (χ4n) is 6.48. The van der Waals surface area contributed by atoms with Crippen LogP contribution in [-0.2, 0) is 16.6 Å². The average Bonchev–Trinajstić information content (AvgIpc) is 3.13. The summed E-state index contributed by atoms with van der Waals surface area (Å²) in [5.41, 5.74) is 8.28. The predicted molar refractivity (Wildman–Crippen MR) is 141 cm³/mol. The molecule has 8 nitrogen and oxygen atoms in total. The van der Waals surface area contributed by atoms with Crippen LogP contribution in [0.5, 0.6) is 0 Å². The van der Waals surface area contributed by atoms with E-state index in [-0.39, 0.29) is 30.3 Å². The summed E-state index contributed by atoms with van der Waals surface area (Å²) in [6.07, 6.45) is 12.3. The van der Waals surface area contributed by atoms with Crippen LogP contribution < -0.4 is 16.7 Å². The number of nitrogens with one attached hydrogen (secondary N) is 1. The number of fused-ring (bicyclic) bond motifs is 1. The molecule has 194 valence electrons. The summed E-state index contributed by atoms with van der Waals surface area (Å²) < 4.78 is 3.27. The molecule has 2 aliphatic heterocycles. The normalized spacial score (nSPS) is 25.2. The lowest BCUT2D eigenvalue weighted by atomic mass is 9.81. The Morgan fingerprint density at radius 3 is 2.31 bits per heavy atom. The van der Waals surface area contributed by atoms with Gasteiger partial charge in [-0.05, 0) is 82.0 Å². The Labute approximate surface area is 212 Å². The molecule has 5 rings (SSSR count). The number of hydrogen-bond donors (Lipinski definition) is 2. The van der Waals surface area contributed by atoms with E-state index < -0.39 is 6.04 Å². The number of piperidine rings is 2. The van der Waals surface area contributed by atoms with E-state index in [1.54, 1.807) is 16.2 Å². The van der Waals surface area contributed by atoms with Crippen LogP contribution in [-0.4, -0.2) is 52.0 Å². The van der Waals surface area contributed by atoms with Gasteiger partial charge >= 0.3 is 5.69 Å². The lowest BCUT2D eigenvalue weighted by Crippen LogP contribution is -2.41. The van der Waals surface area contributed by atoms with E-state index in [2.05, 4.69) is 22.4 Å². The van der Waals surface area contributed by atoms with Crippen molar-refractivity contribution >= 4 is 28.9 Å². The maximum absolute atomic E-state index is 13.1. The number of carbonyl (C=O) groups excluding carboxylic acids is 2. The number of allylic oxidation sites excluding steroid dienone is 1. The number of benzene rings is 1. The number of likely N-dealkylation sites (tertiary alicyclic amines) is 1. The Kier molecular flexibility index (Phi) is 7.44. The van der Waals surface area contributed by atoms with Crippen molar-refractivity contribution < 1.29 is 9.59 Å². The summed E-state index contributed by atoms with van der Waals surface area (Å²) in [4.78, 5) is 39.7. The molecule has 0 bridgehead atoms. The van der Waals surface area contributed by atoms with Gasteiger partial charge in [0.15, 0.2) is 0 Å². The highest BCUT2D eigenvalue weighted by Gasteiger charge is 2.30. The molecule has 36 heavy (non-hydrogen) atoms. The van der Waals surface area contributed by atoms with E-state index in [1.807, 2.05) is 18.2 Å². The number of hydrogen-bond acceptors (Lipinski definition) is 5. The molecule has 2 saturated heterocycles. The van der Waals surface area contributed by atoms with E-state index >= 15 is 0 Å². The topological polar surface area (TPSA) is 102 Å². The number of aryl methyl sites for hydroxylation is 1. The maximum Gasteiger partial charge on any atom is 0.329 e. The molecule has 0 unspecified atom stereocenters. The Morgan fingerprint density at radius 2 is 1.64 bits per heavy atom. The van der Waals surface area contributed by atoms with Crippen LogP contribution in [0, 0.1) is 17.8 Å². The number of para-hydroxylation sites is 1. The third-order valence-corrected chi connectivity index (χ3v) is 8.62. The van der Waals surface area contributed by atoms with Crippen LogP contribution in [0.4, 0.5) is 0 Å². The van der Waals surface area contributed by atoms with Crippen molar-refractivity contribution in [3.05, 3.63) is 40.3 Å². The number of imidazole rings is 1. The molecule has 3 N–H and O–H groups in total. The molecule has 2 aromatic rings. The monoisotopic (exact) mass is 493 g/mol. The van der Waals surface area contributed by atoms with Gasteiger partial charge in [0.1, 0.15) is 0 Å². The summed E-state index contributed by atoms with van der Waals surface area (Å²) in [5.74, 6) is 1.44. The number of nitrogens with two attached hydrogens (primary N) is 1. The Hall–Kier alpha value is -2.71. The van der Waals surface area contributed by atoms with Crippen molar-refractivity contribution in [1.82, 2.24) is 19.4 Å². The highest BCUT2D eigenvalue weighted by atomic mass is 16.2. The van der Waals surface area contributed by atoms with E-state index in [4.69, 9.17) is 5.73 Å². The molecule has 0 radical (unpaired) electrons. The number of rotatable bonds is 6. The Bertz CT molecular complexity index is 1180. The third kappa shape index (κ3) is 5.20. The van der Waals surface area contributed by atoms with Gasteiger partial charge in [-0.1, -0.05) is 24.3 Å². The second-order valence-corrected chi connectivity index (χ2v) is 11.1. The lowest BCUT2D eigenvalue weighted by Gasteiger charge is -2.36. The molecule has 3 fully saturated rings. The first-order valence-electron chi connectivity index (χ1n) is 13.6. The van der Waals surface area contributed by atoms with Crippen molar-refractivity contribution in [3.8, 4) is 0 Å². The van der Waals surface area contributed by atoms with Crippen molar-refractivity contribution in [1.29, 1.82) is 0 Å². The van der Waals surface area contributed by atoms with Gasteiger partial charge in [-0.25, -0.2) is 4.79 Å². The second kappa shape index (κ2) is 10.7. The predicted octanol–water partition coefficient (Wildman–Crippen LogP) is 2.81. The Morgan fingerprint density at radius 1 is 0.972 bits per heavy atom. The molecule has 1 aliphatic carbocycles. The van der Waals surface area contributed by atoms with Crippen molar-refractivity contribution in [2.45, 2.75) is 57.4 Å². The largest absolute Gasteiger partial charge is 0.330 e. The van der Waals surface area contributed by atoms with Crippen LogP contribution in [0.15, 0.2) is 29.1 Å². The minimum atomic E-state index is -0.448. The first kappa shape index (κ1) is 25.0. The molecular weight excluding hydrogens is 454 g/mol. The van der Waals surface area contributed by atoms with Gasteiger partial charge in [0.2, 0.25) is 11.8 Å². The van der Waals surface area contributed by atoms with Gasteiger partial charge in [-0.3, -0.25) is 24.0 Å². The summed E-state index contributed by atoms with van der Waals surface area (Å²) >= 11 is 0. The first-order valence-corrected chi connectivity index (χ1v) is 13.6. The number of imide groups is 1. The van der Waals surface area contributed by atoms with Gasteiger partial charge in [-0.2, -0.15) is 0 Å². The van der Waals surface area contributed by atoms with Crippen LogP contribution in [0.25, 0.3) is 17.1 Å². The average molecular weight is 494 g/mol. The first-order chi connectivity index (χ1) is 17.4. The van der Waals surface area contributed by atoms with Gasteiger partial charge in [-0.15, -0.1) is 0 Å². The minimum Gasteiger partial charge on any atom is -0.330 e. The fraction of sp³-hybridized carbons (Fsp3) is 0.607. The smallest absolute Gasteiger partial charge is 0.329 e. The summed E-state index contributed by atoms with van der Waals surface area (Å²) in [5, 5.41) is 2.33. The molecule has 1 aromatic carbocycles. The molecule has 0 spiro atoms. The second-order valence-electron chi connectivity index (χ2n) is 11.1. The molecule has 3 heterocycles. The zero-order valence-corrected chi connectivity index (χ0v) is 21.3. The zero-order valence-electron chi connectivity index (χ0n) is 21.3. The number of carbonyl (C=O) groups is 2. The summed E-state index contributed by atoms with van der Waals surface area (Å²) in [7, 11) is 1.77. The van der Waals surface area contributed by atoms with Crippen LogP contribution in [0.2, 0.25) is 0 Å². The molecule has 1 aromatic heterocycles. The van der Waals surface area contributed by atoms with E-state index in [0.717, 1.165) is 60.9 Å². The van der Waals surface area contributed by atoms with Crippen molar-refractivity contribution in [2.75, 3.05) is 26.2 Å². The van der Waals surface area contributed by atoms with Crippen LogP contribution in [0.1, 0.15) is 63.0 Å². The summed E-state index contributed by atoms with van der Waals surface area (Å²) in [6.45, 7) is 4.35. The number of nitrogens with zero attached hydrogens (tertiary/aromatic N) is 3. The number of aromatic nitrogens is 2. The van der Waals surface area contributed by atoms with Gasteiger partial charge in [0, 0.05) is 32.0 Å². The quantitative estimate of drug-likeness (QED) is 0.603. The molecule has 1 saturated carbocycles. The van der Waals surface area contributed by atoms with Gasteiger partial charge in [0.25, 0.3) is 0 Å². The SMILES string of the molecule is Cn1c(=O)n(C2CC(=O)NC(=O)C2)c2cccc(C=CC3CCN(CC4CCC(CN)CC4)CC3)c21. The third-order valence-electron chi connectivity index (χ3n) is 8.62. The minimum absolute atomic E-state index is 0.137. The summed E-state index contributed by atoms with van der Waals surface area (Å²) in [6, 6.07) is 5.44. The number of amides is 2. The van der Waals surface area contributed by atoms with Crippen molar-refractivity contribution in [2.24, 2.45) is 30.5 Å². The highest BCUT2D eigenvalue weighted by Crippen LogP contribution is 2.31. The van der Waals surface area contributed by atoms with Crippen LogP contribution >= 0.6 is 0 Å². The highest BCUT2D eigenvalue weighted by molar-refractivity contribution is 5.98. The molecule has 0 atom stereocenters. The maximum atomic E-state index is 13.1. The molecular formula is C28H39N5O3.